The SMILES string of the molecule is COCC1OC(=O)c2cc3c(cc21)CCN(c1ccc2c(c1)CCNC2=O)C3. The highest BCUT2D eigenvalue weighted by Gasteiger charge is 2.33. The Balaban J connectivity index is 1.44. The van der Waals surface area contributed by atoms with Crippen molar-refractivity contribution < 1.29 is 19.1 Å². The zero-order chi connectivity index (χ0) is 19.3. The van der Waals surface area contributed by atoms with Crippen molar-refractivity contribution in [2.45, 2.75) is 25.5 Å². The highest BCUT2D eigenvalue weighted by molar-refractivity contribution is 5.97. The van der Waals surface area contributed by atoms with Gasteiger partial charge in [0.05, 0.1) is 12.2 Å². The molecule has 2 aromatic rings. The van der Waals surface area contributed by atoms with Crippen LogP contribution in [-0.4, -0.2) is 38.7 Å². The summed E-state index contributed by atoms with van der Waals surface area (Å²) in [4.78, 5) is 26.5. The largest absolute Gasteiger partial charge is 0.451 e. The van der Waals surface area contributed by atoms with Crippen molar-refractivity contribution >= 4 is 17.6 Å². The first-order valence-electron chi connectivity index (χ1n) is 9.65. The van der Waals surface area contributed by atoms with E-state index in [4.69, 9.17) is 9.47 Å². The predicted octanol–water partition coefficient (Wildman–Crippen LogP) is 2.39. The third kappa shape index (κ3) is 2.76. The molecule has 1 N–H and O–H groups in total. The van der Waals surface area contributed by atoms with E-state index in [9.17, 15) is 9.59 Å². The number of rotatable bonds is 3. The first-order chi connectivity index (χ1) is 13.6. The fraction of sp³-hybridized carbons (Fsp3) is 0.364. The Morgan fingerprint density at radius 2 is 2.00 bits per heavy atom. The van der Waals surface area contributed by atoms with E-state index < -0.39 is 0 Å². The molecule has 3 heterocycles. The van der Waals surface area contributed by atoms with Gasteiger partial charge >= 0.3 is 5.97 Å². The molecular formula is C22H22N2O4. The first kappa shape index (κ1) is 17.3. The van der Waals surface area contributed by atoms with Crippen LogP contribution in [0, 0.1) is 0 Å². The van der Waals surface area contributed by atoms with Gasteiger partial charge in [-0.2, -0.15) is 0 Å². The van der Waals surface area contributed by atoms with Crippen molar-refractivity contribution in [3.05, 3.63) is 63.7 Å². The van der Waals surface area contributed by atoms with Gasteiger partial charge in [-0.25, -0.2) is 4.79 Å². The molecule has 5 rings (SSSR count). The van der Waals surface area contributed by atoms with Gasteiger partial charge in [-0.15, -0.1) is 0 Å². The second-order valence-corrected chi connectivity index (χ2v) is 7.58. The number of nitrogens with zero attached hydrogens (tertiary/aromatic N) is 1. The van der Waals surface area contributed by atoms with Crippen LogP contribution in [0.15, 0.2) is 30.3 Å². The molecule has 1 unspecified atom stereocenters. The number of hydrogen-bond donors (Lipinski definition) is 1. The minimum Gasteiger partial charge on any atom is -0.451 e. The summed E-state index contributed by atoms with van der Waals surface area (Å²) in [6.45, 7) is 2.72. The molecule has 0 aliphatic carbocycles. The smallest absolute Gasteiger partial charge is 0.339 e. The first-order valence-corrected chi connectivity index (χ1v) is 9.65. The number of amides is 1. The number of fused-ring (bicyclic) bond motifs is 3. The molecular weight excluding hydrogens is 356 g/mol. The third-order valence-corrected chi connectivity index (χ3v) is 5.90. The Hall–Kier alpha value is -2.86. The Labute approximate surface area is 163 Å². The van der Waals surface area contributed by atoms with Crippen molar-refractivity contribution in [2.75, 3.05) is 31.7 Å². The molecule has 0 bridgehead atoms. The minimum atomic E-state index is -0.303. The molecule has 0 aromatic heterocycles. The van der Waals surface area contributed by atoms with Gasteiger partial charge in [0.25, 0.3) is 5.91 Å². The van der Waals surface area contributed by atoms with Gasteiger partial charge in [0.2, 0.25) is 0 Å². The maximum atomic E-state index is 12.3. The van der Waals surface area contributed by atoms with Crippen LogP contribution >= 0.6 is 0 Å². The molecule has 0 spiro atoms. The zero-order valence-electron chi connectivity index (χ0n) is 15.8. The average molecular weight is 378 g/mol. The lowest BCUT2D eigenvalue weighted by Gasteiger charge is -2.32. The molecule has 2 aromatic carbocycles. The number of ether oxygens (including phenoxy) is 2. The highest BCUT2D eigenvalue weighted by Crippen LogP contribution is 2.36. The standard InChI is InChI=1S/C22H22N2O4/c1-27-12-20-18-9-13-5-7-24(11-15(13)10-19(18)22(26)28-20)16-2-3-17-14(8-16)4-6-23-21(17)25/h2-3,8-10,20H,4-7,11-12H2,1H3,(H,23,25). The number of cyclic esters (lactones) is 1. The zero-order valence-corrected chi connectivity index (χ0v) is 15.8. The van der Waals surface area contributed by atoms with Gasteiger partial charge in [0.1, 0.15) is 0 Å². The lowest BCUT2D eigenvalue weighted by atomic mass is 9.92. The van der Waals surface area contributed by atoms with E-state index in [0.29, 0.717) is 18.7 Å². The number of esters is 1. The van der Waals surface area contributed by atoms with Crippen molar-refractivity contribution in [3.63, 3.8) is 0 Å². The molecule has 6 heteroatoms. The summed E-state index contributed by atoms with van der Waals surface area (Å²) in [5.41, 5.74) is 7.04. The van der Waals surface area contributed by atoms with E-state index in [-0.39, 0.29) is 18.0 Å². The Morgan fingerprint density at radius 3 is 2.86 bits per heavy atom. The maximum absolute atomic E-state index is 12.3. The van der Waals surface area contributed by atoms with Crippen LogP contribution in [0.4, 0.5) is 5.69 Å². The van der Waals surface area contributed by atoms with Crippen LogP contribution < -0.4 is 10.2 Å². The van der Waals surface area contributed by atoms with Crippen LogP contribution in [-0.2, 0) is 28.9 Å². The predicted molar refractivity (Wildman–Crippen MR) is 104 cm³/mol. The van der Waals surface area contributed by atoms with E-state index >= 15 is 0 Å². The summed E-state index contributed by atoms with van der Waals surface area (Å²) >= 11 is 0. The summed E-state index contributed by atoms with van der Waals surface area (Å²) in [5, 5.41) is 2.89. The fourth-order valence-electron chi connectivity index (χ4n) is 4.43. The Morgan fingerprint density at radius 1 is 1.11 bits per heavy atom. The van der Waals surface area contributed by atoms with Gasteiger partial charge in [0.15, 0.2) is 6.10 Å². The molecule has 3 aliphatic rings. The number of carbonyl (C=O) groups excluding carboxylic acids is 2. The van der Waals surface area contributed by atoms with Crippen LogP contribution in [0.5, 0.6) is 0 Å². The number of benzene rings is 2. The normalized spacial score (nSPS) is 20.2. The van der Waals surface area contributed by atoms with Crippen LogP contribution in [0.25, 0.3) is 0 Å². The van der Waals surface area contributed by atoms with Crippen molar-refractivity contribution in [1.82, 2.24) is 5.32 Å². The summed E-state index contributed by atoms with van der Waals surface area (Å²) in [7, 11) is 1.62. The van der Waals surface area contributed by atoms with Crippen molar-refractivity contribution in [1.29, 1.82) is 0 Å². The molecule has 1 amide bonds. The van der Waals surface area contributed by atoms with E-state index in [1.807, 2.05) is 18.2 Å². The highest BCUT2D eigenvalue weighted by atomic mass is 16.6. The van der Waals surface area contributed by atoms with Crippen molar-refractivity contribution in [3.8, 4) is 0 Å². The summed E-state index contributed by atoms with van der Waals surface area (Å²) < 4.78 is 10.6. The summed E-state index contributed by atoms with van der Waals surface area (Å²) in [6.07, 6.45) is 1.47. The van der Waals surface area contributed by atoms with E-state index in [0.717, 1.165) is 53.9 Å². The molecule has 3 aliphatic heterocycles. The molecule has 1 atom stereocenters. The van der Waals surface area contributed by atoms with Crippen LogP contribution in [0.1, 0.15) is 49.1 Å². The van der Waals surface area contributed by atoms with Gasteiger partial charge in [-0.1, -0.05) is 6.07 Å². The molecule has 144 valence electrons. The van der Waals surface area contributed by atoms with Crippen LogP contribution in [0.2, 0.25) is 0 Å². The number of carbonyl (C=O) groups is 2. The Bertz CT molecular complexity index is 985. The minimum absolute atomic E-state index is 0.0106. The number of anilines is 1. The number of hydrogen-bond acceptors (Lipinski definition) is 5. The molecule has 6 nitrogen and oxygen atoms in total. The molecule has 0 saturated heterocycles. The second-order valence-electron chi connectivity index (χ2n) is 7.58. The third-order valence-electron chi connectivity index (χ3n) is 5.90. The average Bonchev–Trinajstić information content (AvgIpc) is 3.01. The van der Waals surface area contributed by atoms with Gasteiger partial charge in [-0.05, 0) is 53.8 Å². The van der Waals surface area contributed by atoms with E-state index in [1.165, 1.54) is 5.56 Å². The number of methoxy groups -OCH3 is 1. The Kier molecular flexibility index (Phi) is 4.09. The van der Waals surface area contributed by atoms with Crippen LogP contribution in [0.3, 0.4) is 0 Å². The van der Waals surface area contributed by atoms with E-state index in [1.54, 1.807) is 7.11 Å². The topological polar surface area (TPSA) is 67.9 Å². The molecule has 0 saturated carbocycles. The molecule has 0 fully saturated rings. The molecule has 0 radical (unpaired) electrons. The fourth-order valence-corrected chi connectivity index (χ4v) is 4.43. The van der Waals surface area contributed by atoms with Gasteiger partial charge < -0.3 is 19.7 Å². The van der Waals surface area contributed by atoms with Gasteiger partial charge in [0, 0.05) is 43.6 Å². The summed E-state index contributed by atoms with van der Waals surface area (Å²) in [5.74, 6) is -0.256. The lowest BCUT2D eigenvalue weighted by molar-refractivity contribution is 0.0152. The van der Waals surface area contributed by atoms with Gasteiger partial charge in [-0.3, -0.25) is 4.79 Å². The monoisotopic (exact) mass is 378 g/mol. The molecule has 28 heavy (non-hydrogen) atoms. The maximum Gasteiger partial charge on any atom is 0.339 e. The lowest BCUT2D eigenvalue weighted by Crippen LogP contribution is -2.33. The quantitative estimate of drug-likeness (QED) is 0.831. The van der Waals surface area contributed by atoms with E-state index in [2.05, 4.69) is 22.3 Å². The van der Waals surface area contributed by atoms with Crippen molar-refractivity contribution in [2.24, 2.45) is 0 Å². The number of nitrogens with one attached hydrogen (secondary N) is 1. The summed E-state index contributed by atoms with van der Waals surface area (Å²) in [6, 6.07) is 10.2. The second kappa shape index (κ2) is 6.63.